The van der Waals surface area contributed by atoms with Crippen LogP contribution in [0, 0.1) is 40.9 Å². The largest absolute Gasteiger partial charge is 0.384 e. The maximum Gasteiger partial charge on any atom is 0.266 e. The zero-order valence-corrected chi connectivity index (χ0v) is 17.9. The van der Waals surface area contributed by atoms with Gasteiger partial charge in [-0.3, -0.25) is 4.79 Å². The molecule has 0 amide bonds. The molecule has 1 aromatic heterocycles. The molecular weight excluding hydrogens is 386 g/mol. The third-order valence-electron chi connectivity index (χ3n) is 9.74. The van der Waals surface area contributed by atoms with Crippen LogP contribution in [-0.2, 0) is 11.3 Å². The van der Waals surface area contributed by atoms with Crippen LogP contribution in [0.5, 0.6) is 0 Å². The number of aliphatic hydroxyl groups is 1. The number of alkyl halides is 2. The Morgan fingerprint density at radius 3 is 2.67 bits per heavy atom. The van der Waals surface area contributed by atoms with Gasteiger partial charge < -0.3 is 9.67 Å². The molecule has 0 saturated heterocycles. The van der Waals surface area contributed by atoms with Gasteiger partial charge in [0.1, 0.15) is 5.60 Å². The Balaban J connectivity index is 1.30. The zero-order chi connectivity index (χ0) is 21.1. The van der Waals surface area contributed by atoms with Crippen LogP contribution in [0.4, 0.5) is 8.78 Å². The second kappa shape index (κ2) is 7.39. The number of nitrogens with zero attached hydrogens (tertiary/aromatic N) is 2. The number of imidazole rings is 1. The van der Waals surface area contributed by atoms with Gasteiger partial charge in [0.25, 0.3) is 6.43 Å². The van der Waals surface area contributed by atoms with Gasteiger partial charge in [0.2, 0.25) is 0 Å². The van der Waals surface area contributed by atoms with Gasteiger partial charge in [0.15, 0.2) is 5.78 Å². The molecule has 6 heteroatoms. The van der Waals surface area contributed by atoms with Gasteiger partial charge in [-0.05, 0) is 92.8 Å². The molecule has 0 aliphatic heterocycles. The smallest absolute Gasteiger partial charge is 0.266 e. The average molecular weight is 421 g/mol. The number of rotatable bonds is 4. The minimum atomic E-state index is -2.64. The van der Waals surface area contributed by atoms with Crippen LogP contribution < -0.4 is 0 Å². The van der Waals surface area contributed by atoms with E-state index in [0.29, 0.717) is 36.0 Å². The highest BCUT2D eigenvalue weighted by molar-refractivity contribution is 5.82. The third-order valence-corrected chi connectivity index (χ3v) is 9.74. The Morgan fingerprint density at radius 1 is 1.13 bits per heavy atom. The number of hydrogen-bond acceptors (Lipinski definition) is 3. The van der Waals surface area contributed by atoms with Gasteiger partial charge in [-0.2, -0.15) is 0 Å². The fourth-order valence-electron chi connectivity index (χ4n) is 8.31. The van der Waals surface area contributed by atoms with Crippen LogP contribution >= 0.6 is 0 Å². The standard InChI is InChI=1S/C24H34F2N2O2/c1-23-8-6-17-16-7-9-24(30,22(25)26)12-15(16)2-3-18(17)19(23)4-5-20(23)21(29)13-28-11-10-27-14-28/h10-11,14-20,22,30H,2-9,12-13H2,1H3/t15-,16+,17-,18-,19+,20-,23+,24+/m1/s1. The molecule has 1 N–H and O–H groups in total. The molecule has 4 aliphatic carbocycles. The number of halogens is 2. The quantitative estimate of drug-likeness (QED) is 0.767. The summed E-state index contributed by atoms with van der Waals surface area (Å²) in [6, 6.07) is 0. The van der Waals surface area contributed by atoms with E-state index >= 15 is 0 Å². The van der Waals surface area contributed by atoms with E-state index in [2.05, 4.69) is 11.9 Å². The lowest BCUT2D eigenvalue weighted by Gasteiger charge is -2.57. The van der Waals surface area contributed by atoms with E-state index in [9.17, 15) is 18.7 Å². The Hall–Kier alpha value is -1.30. The van der Waals surface area contributed by atoms with E-state index in [1.807, 2.05) is 10.8 Å². The first kappa shape index (κ1) is 20.6. The third kappa shape index (κ3) is 3.16. The van der Waals surface area contributed by atoms with Gasteiger partial charge >= 0.3 is 0 Å². The Labute approximate surface area is 177 Å². The summed E-state index contributed by atoms with van der Waals surface area (Å²) in [7, 11) is 0. The normalized spacial score (nSPS) is 45.6. The summed E-state index contributed by atoms with van der Waals surface area (Å²) in [5.74, 6) is 2.96. The van der Waals surface area contributed by atoms with Crippen molar-refractivity contribution in [2.45, 2.75) is 83.3 Å². The van der Waals surface area contributed by atoms with Crippen molar-refractivity contribution in [2.24, 2.45) is 40.9 Å². The molecule has 4 saturated carbocycles. The summed E-state index contributed by atoms with van der Waals surface area (Å²) < 4.78 is 28.7. The van der Waals surface area contributed by atoms with Crippen molar-refractivity contribution < 1.29 is 18.7 Å². The van der Waals surface area contributed by atoms with Crippen LogP contribution in [0.3, 0.4) is 0 Å². The minimum absolute atomic E-state index is 0.0735. The van der Waals surface area contributed by atoms with E-state index in [0.717, 1.165) is 44.9 Å². The monoisotopic (exact) mass is 420 g/mol. The Bertz CT molecular complexity index is 784. The lowest BCUT2D eigenvalue weighted by Crippen LogP contribution is -2.53. The van der Waals surface area contributed by atoms with Crippen LogP contribution in [0.15, 0.2) is 18.7 Å². The first-order valence-electron chi connectivity index (χ1n) is 11.8. The van der Waals surface area contributed by atoms with Crippen molar-refractivity contribution in [3.8, 4) is 0 Å². The van der Waals surface area contributed by atoms with Crippen molar-refractivity contribution >= 4 is 5.78 Å². The van der Waals surface area contributed by atoms with Crippen molar-refractivity contribution in [1.82, 2.24) is 9.55 Å². The van der Waals surface area contributed by atoms with Gasteiger partial charge in [-0.1, -0.05) is 6.92 Å². The lowest BCUT2D eigenvalue weighted by atomic mass is 9.49. The number of fused-ring (bicyclic) bond motifs is 5. The van der Waals surface area contributed by atoms with Gasteiger partial charge in [0.05, 0.1) is 12.9 Å². The fourth-order valence-corrected chi connectivity index (χ4v) is 8.31. The minimum Gasteiger partial charge on any atom is -0.384 e. The molecule has 1 heterocycles. The molecule has 4 nitrogen and oxygen atoms in total. The molecule has 0 radical (unpaired) electrons. The average Bonchev–Trinajstić information content (AvgIpc) is 3.34. The van der Waals surface area contributed by atoms with E-state index in [4.69, 9.17) is 0 Å². The predicted octanol–water partition coefficient (Wildman–Crippen LogP) is 4.72. The number of carbonyl (C=O) groups is 1. The Kier molecular flexibility index (Phi) is 5.07. The molecule has 166 valence electrons. The predicted molar refractivity (Wildman–Crippen MR) is 109 cm³/mol. The number of aromatic nitrogens is 2. The highest BCUT2D eigenvalue weighted by Crippen LogP contribution is 2.64. The van der Waals surface area contributed by atoms with Crippen molar-refractivity contribution in [1.29, 1.82) is 0 Å². The molecule has 30 heavy (non-hydrogen) atoms. The molecule has 5 rings (SSSR count). The summed E-state index contributed by atoms with van der Waals surface area (Å²) in [6.07, 6.45) is 10.2. The van der Waals surface area contributed by atoms with Gasteiger partial charge in [-0.15, -0.1) is 0 Å². The molecule has 0 unspecified atom stereocenters. The van der Waals surface area contributed by atoms with Gasteiger partial charge in [-0.25, -0.2) is 13.8 Å². The van der Waals surface area contributed by atoms with Crippen molar-refractivity contribution in [3.05, 3.63) is 18.7 Å². The molecule has 8 atom stereocenters. The molecule has 4 fully saturated rings. The summed E-state index contributed by atoms with van der Waals surface area (Å²) >= 11 is 0. The Morgan fingerprint density at radius 2 is 1.93 bits per heavy atom. The number of carbonyl (C=O) groups excluding carboxylic acids is 1. The van der Waals surface area contributed by atoms with Crippen LogP contribution in [-0.4, -0.2) is 32.5 Å². The van der Waals surface area contributed by atoms with Crippen molar-refractivity contribution in [3.63, 3.8) is 0 Å². The van der Waals surface area contributed by atoms with Gasteiger partial charge in [0, 0.05) is 18.3 Å². The molecular formula is C24H34F2N2O2. The lowest BCUT2D eigenvalue weighted by molar-refractivity contribution is -0.160. The summed E-state index contributed by atoms with van der Waals surface area (Å²) in [5, 5.41) is 10.4. The van der Waals surface area contributed by atoms with E-state index in [1.54, 1.807) is 12.5 Å². The van der Waals surface area contributed by atoms with E-state index in [-0.39, 0.29) is 30.1 Å². The summed E-state index contributed by atoms with van der Waals surface area (Å²) in [4.78, 5) is 17.2. The second-order valence-electron chi connectivity index (χ2n) is 11.0. The topological polar surface area (TPSA) is 55.1 Å². The first-order chi connectivity index (χ1) is 14.3. The maximum absolute atomic E-state index is 13.4. The van der Waals surface area contributed by atoms with Crippen LogP contribution in [0.25, 0.3) is 0 Å². The van der Waals surface area contributed by atoms with Crippen molar-refractivity contribution in [2.75, 3.05) is 0 Å². The molecule has 0 aromatic carbocycles. The highest BCUT2D eigenvalue weighted by Gasteiger charge is 2.59. The highest BCUT2D eigenvalue weighted by atomic mass is 19.3. The number of Topliss-reactive ketones (excluding diaryl/α,β-unsaturated/α-hetero) is 1. The molecule has 0 bridgehead atoms. The van der Waals surface area contributed by atoms with Crippen LogP contribution in [0.2, 0.25) is 0 Å². The SMILES string of the molecule is C[C@]12CC[C@H]3[C@@H](CC[C@@H]4C[C@](O)(C(F)F)CC[C@@H]43)[C@@H]1CC[C@@H]2C(=O)Cn1ccnc1. The summed E-state index contributed by atoms with van der Waals surface area (Å²) in [5.41, 5.74) is -1.70. The number of hydrogen-bond donors (Lipinski definition) is 1. The van der Waals surface area contributed by atoms with E-state index in [1.165, 1.54) is 0 Å². The zero-order valence-electron chi connectivity index (χ0n) is 17.9. The van der Waals surface area contributed by atoms with Crippen LogP contribution in [0.1, 0.15) is 64.7 Å². The van der Waals surface area contributed by atoms with E-state index < -0.39 is 12.0 Å². The molecule has 0 spiro atoms. The number of ketones is 1. The second-order valence-corrected chi connectivity index (χ2v) is 11.0. The summed E-state index contributed by atoms with van der Waals surface area (Å²) in [6.45, 7) is 2.76. The molecule has 1 aromatic rings. The molecule has 4 aliphatic rings. The maximum atomic E-state index is 13.4. The first-order valence-corrected chi connectivity index (χ1v) is 11.8. The fraction of sp³-hybridized carbons (Fsp3) is 0.833.